The maximum absolute atomic E-state index is 4.38. The lowest BCUT2D eigenvalue weighted by Crippen LogP contribution is -1.98. The Kier molecular flexibility index (Phi) is 2.26. The molecule has 0 saturated carbocycles. The standard InChI is InChI=1S/C10H12N4/c1-3-14-11-7-10(13-14)9-6-4-5-8(2)12-9/h4-7H,3H2,1-2H3. The van der Waals surface area contributed by atoms with E-state index < -0.39 is 0 Å². The molecule has 0 unspecified atom stereocenters. The minimum atomic E-state index is 0.784. The third-order valence-corrected chi connectivity index (χ3v) is 1.97. The summed E-state index contributed by atoms with van der Waals surface area (Å²) in [7, 11) is 0. The molecule has 0 aliphatic heterocycles. The topological polar surface area (TPSA) is 43.6 Å². The average Bonchev–Trinajstić information content (AvgIpc) is 2.66. The van der Waals surface area contributed by atoms with E-state index in [4.69, 9.17) is 0 Å². The normalized spacial score (nSPS) is 10.4. The first-order chi connectivity index (χ1) is 6.79. The molecule has 0 amide bonds. The zero-order valence-corrected chi connectivity index (χ0v) is 8.31. The molecule has 2 rings (SSSR count). The second-order valence-electron chi connectivity index (χ2n) is 3.08. The van der Waals surface area contributed by atoms with Gasteiger partial charge in [0.15, 0.2) is 0 Å². The summed E-state index contributed by atoms with van der Waals surface area (Å²) in [6.07, 6.45) is 1.74. The smallest absolute Gasteiger partial charge is 0.131 e. The summed E-state index contributed by atoms with van der Waals surface area (Å²) in [5, 5.41) is 8.39. The fourth-order valence-corrected chi connectivity index (χ4v) is 1.25. The first-order valence-corrected chi connectivity index (χ1v) is 4.64. The predicted octanol–water partition coefficient (Wildman–Crippen LogP) is 1.67. The predicted molar refractivity (Wildman–Crippen MR) is 53.7 cm³/mol. The van der Waals surface area contributed by atoms with Gasteiger partial charge in [-0.2, -0.15) is 15.0 Å². The van der Waals surface area contributed by atoms with Gasteiger partial charge < -0.3 is 0 Å². The monoisotopic (exact) mass is 188 g/mol. The van der Waals surface area contributed by atoms with Crippen molar-refractivity contribution in [2.75, 3.05) is 0 Å². The van der Waals surface area contributed by atoms with Gasteiger partial charge in [0.2, 0.25) is 0 Å². The minimum Gasteiger partial charge on any atom is -0.251 e. The maximum atomic E-state index is 4.38. The van der Waals surface area contributed by atoms with Crippen LogP contribution in [0.5, 0.6) is 0 Å². The molecule has 0 radical (unpaired) electrons. The van der Waals surface area contributed by atoms with Crippen molar-refractivity contribution in [2.45, 2.75) is 20.4 Å². The third kappa shape index (κ3) is 1.64. The molecule has 0 fully saturated rings. The molecule has 0 N–H and O–H groups in total. The maximum Gasteiger partial charge on any atom is 0.131 e. The molecule has 14 heavy (non-hydrogen) atoms. The van der Waals surface area contributed by atoms with E-state index >= 15 is 0 Å². The van der Waals surface area contributed by atoms with Crippen LogP contribution in [-0.2, 0) is 6.54 Å². The van der Waals surface area contributed by atoms with Crippen molar-refractivity contribution in [3.05, 3.63) is 30.1 Å². The second-order valence-corrected chi connectivity index (χ2v) is 3.08. The number of hydrogen-bond donors (Lipinski definition) is 0. The van der Waals surface area contributed by atoms with Crippen LogP contribution in [0.4, 0.5) is 0 Å². The molecule has 0 aromatic carbocycles. The van der Waals surface area contributed by atoms with Crippen LogP contribution in [0.25, 0.3) is 11.4 Å². The van der Waals surface area contributed by atoms with Gasteiger partial charge in [-0.3, -0.25) is 4.98 Å². The van der Waals surface area contributed by atoms with Crippen LogP contribution in [0, 0.1) is 6.92 Å². The molecule has 72 valence electrons. The fourth-order valence-electron chi connectivity index (χ4n) is 1.25. The van der Waals surface area contributed by atoms with Crippen LogP contribution in [0.15, 0.2) is 24.4 Å². The Bertz CT molecular complexity index is 433. The number of hydrogen-bond acceptors (Lipinski definition) is 3. The summed E-state index contributed by atoms with van der Waals surface area (Å²) >= 11 is 0. The van der Waals surface area contributed by atoms with Gasteiger partial charge in [-0.25, -0.2) is 0 Å². The molecule has 2 aromatic rings. The SMILES string of the molecule is CCn1ncc(-c2cccc(C)n2)n1. The van der Waals surface area contributed by atoms with Crippen molar-refractivity contribution in [2.24, 2.45) is 0 Å². The van der Waals surface area contributed by atoms with Crippen molar-refractivity contribution < 1.29 is 0 Å². The van der Waals surface area contributed by atoms with Gasteiger partial charge in [-0.05, 0) is 26.0 Å². The van der Waals surface area contributed by atoms with Crippen LogP contribution < -0.4 is 0 Å². The van der Waals surface area contributed by atoms with Gasteiger partial charge >= 0.3 is 0 Å². The van der Waals surface area contributed by atoms with E-state index in [9.17, 15) is 0 Å². The Balaban J connectivity index is 2.39. The highest BCUT2D eigenvalue weighted by molar-refractivity contribution is 5.51. The molecule has 0 spiro atoms. The zero-order chi connectivity index (χ0) is 9.97. The molecular formula is C10H12N4. The number of rotatable bonds is 2. The molecule has 0 aliphatic rings. The highest BCUT2D eigenvalue weighted by atomic mass is 15.5. The lowest BCUT2D eigenvalue weighted by molar-refractivity contribution is 0.570. The highest BCUT2D eigenvalue weighted by Crippen LogP contribution is 2.12. The summed E-state index contributed by atoms with van der Waals surface area (Å²) in [5.74, 6) is 0. The lowest BCUT2D eigenvalue weighted by atomic mass is 10.2. The van der Waals surface area contributed by atoms with E-state index in [1.807, 2.05) is 32.0 Å². The second kappa shape index (κ2) is 3.57. The van der Waals surface area contributed by atoms with Crippen LogP contribution in [0.1, 0.15) is 12.6 Å². The average molecular weight is 188 g/mol. The molecule has 0 bridgehead atoms. The Morgan fingerprint density at radius 1 is 1.29 bits per heavy atom. The Morgan fingerprint density at radius 3 is 2.79 bits per heavy atom. The number of nitrogens with zero attached hydrogens (tertiary/aromatic N) is 4. The number of aryl methyl sites for hydroxylation is 2. The van der Waals surface area contributed by atoms with Crippen LogP contribution in [0.2, 0.25) is 0 Å². The number of pyridine rings is 1. The summed E-state index contributed by atoms with van der Waals surface area (Å²) in [5.41, 5.74) is 2.70. The lowest BCUT2D eigenvalue weighted by Gasteiger charge is -1.96. The van der Waals surface area contributed by atoms with Crippen LogP contribution >= 0.6 is 0 Å². The molecular weight excluding hydrogens is 176 g/mol. The van der Waals surface area contributed by atoms with E-state index in [0.29, 0.717) is 0 Å². The van der Waals surface area contributed by atoms with Gasteiger partial charge in [0.25, 0.3) is 0 Å². The van der Waals surface area contributed by atoms with E-state index in [0.717, 1.165) is 23.6 Å². The van der Waals surface area contributed by atoms with Crippen molar-refractivity contribution in [1.82, 2.24) is 20.0 Å². The van der Waals surface area contributed by atoms with Crippen molar-refractivity contribution in [3.63, 3.8) is 0 Å². The minimum absolute atomic E-state index is 0.784. The van der Waals surface area contributed by atoms with Crippen LogP contribution in [0.3, 0.4) is 0 Å². The Hall–Kier alpha value is -1.71. The van der Waals surface area contributed by atoms with Gasteiger partial charge in [0.05, 0.1) is 18.4 Å². The van der Waals surface area contributed by atoms with Gasteiger partial charge in [0.1, 0.15) is 5.69 Å². The molecule has 4 heteroatoms. The van der Waals surface area contributed by atoms with Crippen molar-refractivity contribution in [3.8, 4) is 11.4 Å². The Morgan fingerprint density at radius 2 is 2.14 bits per heavy atom. The van der Waals surface area contributed by atoms with Gasteiger partial charge in [-0.15, -0.1) is 0 Å². The summed E-state index contributed by atoms with van der Waals surface area (Å²) in [6, 6.07) is 5.88. The highest BCUT2D eigenvalue weighted by Gasteiger charge is 2.03. The van der Waals surface area contributed by atoms with E-state index in [1.165, 1.54) is 0 Å². The molecule has 0 atom stereocenters. The molecule has 2 heterocycles. The molecule has 2 aromatic heterocycles. The quantitative estimate of drug-likeness (QED) is 0.720. The molecule has 4 nitrogen and oxygen atoms in total. The largest absolute Gasteiger partial charge is 0.251 e. The van der Waals surface area contributed by atoms with Crippen LogP contribution in [-0.4, -0.2) is 20.0 Å². The fraction of sp³-hybridized carbons (Fsp3) is 0.300. The molecule has 0 aliphatic carbocycles. The van der Waals surface area contributed by atoms with E-state index in [2.05, 4.69) is 15.2 Å². The molecule has 0 saturated heterocycles. The Labute approximate surface area is 82.6 Å². The van der Waals surface area contributed by atoms with E-state index in [-0.39, 0.29) is 0 Å². The summed E-state index contributed by atoms with van der Waals surface area (Å²) in [6.45, 7) is 4.76. The first-order valence-electron chi connectivity index (χ1n) is 4.64. The third-order valence-electron chi connectivity index (χ3n) is 1.97. The van der Waals surface area contributed by atoms with Gasteiger partial charge in [0, 0.05) is 5.69 Å². The van der Waals surface area contributed by atoms with E-state index in [1.54, 1.807) is 11.0 Å². The summed E-state index contributed by atoms with van der Waals surface area (Å²) in [4.78, 5) is 6.03. The zero-order valence-electron chi connectivity index (χ0n) is 8.31. The summed E-state index contributed by atoms with van der Waals surface area (Å²) < 4.78 is 0. The number of aromatic nitrogens is 4. The first kappa shape index (κ1) is 8.87. The van der Waals surface area contributed by atoms with Crippen molar-refractivity contribution in [1.29, 1.82) is 0 Å². The van der Waals surface area contributed by atoms with Gasteiger partial charge in [-0.1, -0.05) is 6.07 Å². The van der Waals surface area contributed by atoms with Crippen molar-refractivity contribution >= 4 is 0 Å².